The number of hydrogen-bond acceptors (Lipinski definition) is 6. The minimum atomic E-state index is -0.927. The molecule has 1 unspecified atom stereocenters. The van der Waals surface area contributed by atoms with E-state index in [1.54, 1.807) is 18.3 Å². The van der Waals surface area contributed by atoms with E-state index >= 15 is 0 Å². The van der Waals surface area contributed by atoms with Crippen molar-refractivity contribution in [1.82, 2.24) is 15.3 Å². The Hall–Kier alpha value is -1.67. The van der Waals surface area contributed by atoms with Crippen LogP contribution in [-0.4, -0.2) is 38.7 Å². The van der Waals surface area contributed by atoms with Crippen molar-refractivity contribution in [3.05, 3.63) is 17.3 Å². The number of aliphatic carboxylic acids is 1. The number of aryl methyl sites for hydroxylation is 1. The summed E-state index contributed by atoms with van der Waals surface area (Å²) in [5.41, 5.74) is 0. The lowest BCUT2D eigenvalue weighted by Crippen LogP contribution is -2.32. The fraction of sp³-hybridized carbons (Fsp3) is 0.429. The average molecular weight is 339 g/mol. The highest BCUT2D eigenvalue weighted by molar-refractivity contribution is 8.00. The van der Waals surface area contributed by atoms with Crippen molar-refractivity contribution < 1.29 is 14.7 Å². The molecule has 2 rings (SSSR count). The van der Waals surface area contributed by atoms with Crippen LogP contribution in [0.4, 0.5) is 0 Å². The van der Waals surface area contributed by atoms with Crippen molar-refractivity contribution in [3.8, 4) is 0 Å². The van der Waals surface area contributed by atoms with Gasteiger partial charge in [-0.05, 0) is 19.4 Å². The monoisotopic (exact) mass is 339 g/mol. The molecule has 0 aliphatic carbocycles. The molecule has 8 heteroatoms. The van der Waals surface area contributed by atoms with E-state index in [9.17, 15) is 9.59 Å². The second kappa shape index (κ2) is 7.55. The Labute approximate surface area is 136 Å². The predicted octanol–water partition coefficient (Wildman–Crippen LogP) is 2.33. The third-order valence-corrected chi connectivity index (χ3v) is 5.29. The molecule has 0 radical (unpaired) electrons. The first kappa shape index (κ1) is 16.7. The van der Waals surface area contributed by atoms with Crippen molar-refractivity contribution in [1.29, 1.82) is 0 Å². The second-order valence-corrected chi connectivity index (χ2v) is 7.10. The van der Waals surface area contributed by atoms with Gasteiger partial charge in [0, 0.05) is 16.8 Å². The van der Waals surface area contributed by atoms with Crippen molar-refractivity contribution >= 4 is 45.2 Å². The minimum absolute atomic E-state index is 0.0781. The summed E-state index contributed by atoms with van der Waals surface area (Å²) in [6, 6.07) is 2.07. The van der Waals surface area contributed by atoms with Gasteiger partial charge < -0.3 is 10.4 Å². The van der Waals surface area contributed by atoms with Crippen LogP contribution in [0.15, 0.2) is 17.4 Å². The van der Waals surface area contributed by atoms with Crippen molar-refractivity contribution in [2.75, 3.05) is 6.54 Å². The third-order valence-electron chi connectivity index (χ3n) is 2.99. The van der Waals surface area contributed by atoms with Crippen LogP contribution in [0.3, 0.4) is 0 Å². The normalized spacial score (nSPS) is 12.3. The van der Waals surface area contributed by atoms with Crippen LogP contribution in [-0.2, 0) is 16.0 Å². The number of aromatic nitrogens is 2. The number of carbonyl (C=O) groups is 2. The highest BCUT2D eigenvalue weighted by Crippen LogP contribution is 2.32. The van der Waals surface area contributed by atoms with Crippen LogP contribution in [0.5, 0.6) is 0 Å². The summed E-state index contributed by atoms with van der Waals surface area (Å²) in [6.45, 7) is 4.00. The maximum absolute atomic E-state index is 12.0. The van der Waals surface area contributed by atoms with Gasteiger partial charge >= 0.3 is 5.97 Å². The van der Waals surface area contributed by atoms with Gasteiger partial charge in [0.15, 0.2) is 0 Å². The molecule has 0 saturated carbocycles. The number of thioether (sulfide) groups is 1. The predicted molar refractivity (Wildman–Crippen MR) is 87.4 cm³/mol. The SMILES string of the molecule is CCc1cc2c(SC(C)C(=O)NCCC(=O)O)ncnc2s1. The van der Waals surface area contributed by atoms with E-state index in [2.05, 4.69) is 28.3 Å². The van der Waals surface area contributed by atoms with Crippen LogP contribution in [0.2, 0.25) is 0 Å². The van der Waals surface area contributed by atoms with Gasteiger partial charge in [-0.3, -0.25) is 9.59 Å². The Morgan fingerprint density at radius 3 is 2.91 bits per heavy atom. The van der Waals surface area contributed by atoms with Gasteiger partial charge in [0.1, 0.15) is 16.2 Å². The van der Waals surface area contributed by atoms with Crippen LogP contribution < -0.4 is 5.32 Å². The molecule has 0 saturated heterocycles. The van der Waals surface area contributed by atoms with Gasteiger partial charge in [-0.15, -0.1) is 11.3 Å². The molecule has 2 aromatic rings. The number of carbonyl (C=O) groups excluding carboxylic acids is 1. The summed E-state index contributed by atoms with van der Waals surface area (Å²) in [5, 5.41) is 12.6. The summed E-state index contributed by atoms with van der Waals surface area (Å²) >= 11 is 2.99. The zero-order valence-electron chi connectivity index (χ0n) is 12.3. The van der Waals surface area contributed by atoms with Gasteiger partial charge in [0.05, 0.1) is 11.7 Å². The van der Waals surface area contributed by atoms with Gasteiger partial charge in [0.25, 0.3) is 0 Å². The molecule has 0 aromatic carbocycles. The Balaban J connectivity index is 2.04. The molecule has 1 amide bonds. The zero-order chi connectivity index (χ0) is 16.1. The maximum Gasteiger partial charge on any atom is 0.305 e. The van der Waals surface area contributed by atoms with E-state index < -0.39 is 5.97 Å². The number of carboxylic acids is 1. The number of fused-ring (bicyclic) bond motifs is 1. The first-order chi connectivity index (χ1) is 10.5. The van der Waals surface area contributed by atoms with Gasteiger partial charge in [-0.1, -0.05) is 18.7 Å². The quantitative estimate of drug-likeness (QED) is 0.594. The number of rotatable bonds is 7. The van der Waals surface area contributed by atoms with Crippen molar-refractivity contribution in [3.63, 3.8) is 0 Å². The van der Waals surface area contributed by atoms with Crippen molar-refractivity contribution in [2.45, 2.75) is 37.0 Å². The molecule has 0 bridgehead atoms. The van der Waals surface area contributed by atoms with Crippen molar-refractivity contribution in [2.24, 2.45) is 0 Å². The highest BCUT2D eigenvalue weighted by Gasteiger charge is 2.17. The number of amides is 1. The second-order valence-electron chi connectivity index (χ2n) is 4.66. The lowest BCUT2D eigenvalue weighted by atomic mass is 10.3. The smallest absolute Gasteiger partial charge is 0.305 e. The van der Waals surface area contributed by atoms with E-state index in [1.807, 2.05) is 0 Å². The zero-order valence-corrected chi connectivity index (χ0v) is 14.0. The summed E-state index contributed by atoms with van der Waals surface area (Å²) in [4.78, 5) is 33.1. The molecule has 0 aliphatic rings. The molecule has 2 heterocycles. The molecule has 0 aliphatic heterocycles. The molecule has 2 N–H and O–H groups in total. The number of hydrogen-bond donors (Lipinski definition) is 2. The van der Waals surface area contributed by atoms with E-state index in [0.29, 0.717) is 0 Å². The van der Waals surface area contributed by atoms with Crippen LogP contribution in [0.25, 0.3) is 10.2 Å². The van der Waals surface area contributed by atoms with Crippen LogP contribution in [0, 0.1) is 0 Å². The number of carboxylic acid groups (broad SMARTS) is 1. The summed E-state index contributed by atoms with van der Waals surface area (Å²) in [7, 11) is 0. The fourth-order valence-electron chi connectivity index (χ4n) is 1.81. The molecule has 2 aromatic heterocycles. The molecule has 0 spiro atoms. The van der Waals surface area contributed by atoms with Gasteiger partial charge in [-0.25, -0.2) is 9.97 Å². The largest absolute Gasteiger partial charge is 0.481 e. The summed E-state index contributed by atoms with van der Waals surface area (Å²) in [5.74, 6) is -1.12. The van der Waals surface area contributed by atoms with E-state index in [-0.39, 0.29) is 24.1 Å². The Kier molecular flexibility index (Phi) is 5.73. The fourth-order valence-corrected chi connectivity index (χ4v) is 3.72. The first-order valence-corrected chi connectivity index (χ1v) is 8.60. The summed E-state index contributed by atoms with van der Waals surface area (Å²) in [6.07, 6.45) is 2.37. The lowest BCUT2D eigenvalue weighted by molar-refractivity contribution is -0.136. The molecule has 6 nitrogen and oxygen atoms in total. The topological polar surface area (TPSA) is 92.2 Å². The average Bonchev–Trinajstić information content (AvgIpc) is 2.91. The molecule has 0 fully saturated rings. The number of thiophene rings is 1. The molecule has 22 heavy (non-hydrogen) atoms. The van der Waals surface area contributed by atoms with E-state index in [1.165, 1.54) is 23.0 Å². The molecular weight excluding hydrogens is 322 g/mol. The van der Waals surface area contributed by atoms with E-state index in [0.717, 1.165) is 21.7 Å². The maximum atomic E-state index is 12.0. The third kappa shape index (κ3) is 4.17. The van der Waals surface area contributed by atoms with Gasteiger partial charge in [-0.2, -0.15) is 0 Å². The molecular formula is C14H17N3O3S2. The van der Waals surface area contributed by atoms with Crippen LogP contribution in [0.1, 0.15) is 25.1 Å². The van der Waals surface area contributed by atoms with Gasteiger partial charge in [0.2, 0.25) is 5.91 Å². The number of nitrogens with zero attached hydrogens (tertiary/aromatic N) is 2. The molecule has 1 atom stereocenters. The highest BCUT2D eigenvalue weighted by atomic mass is 32.2. The minimum Gasteiger partial charge on any atom is -0.481 e. The first-order valence-electron chi connectivity index (χ1n) is 6.90. The Morgan fingerprint density at radius 1 is 1.45 bits per heavy atom. The summed E-state index contributed by atoms with van der Waals surface area (Å²) < 4.78 is 0. The lowest BCUT2D eigenvalue weighted by Gasteiger charge is -2.11. The Bertz CT molecular complexity index is 687. The van der Waals surface area contributed by atoms with Crippen LogP contribution >= 0.6 is 23.1 Å². The Morgan fingerprint density at radius 2 is 2.23 bits per heavy atom. The molecule has 118 valence electrons. The van der Waals surface area contributed by atoms with E-state index in [4.69, 9.17) is 5.11 Å². The standard InChI is InChI=1S/C14H17N3O3S2/c1-3-9-6-10-13(16-7-17-14(10)22-9)21-8(2)12(20)15-5-4-11(18)19/h6-8H,3-5H2,1-2H3,(H,15,20)(H,18,19). The number of nitrogens with one attached hydrogen (secondary N) is 1.